The van der Waals surface area contributed by atoms with Crippen molar-refractivity contribution in [2.75, 3.05) is 31.0 Å². The zero-order chi connectivity index (χ0) is 23.8. The fourth-order valence-electron chi connectivity index (χ4n) is 3.42. The highest BCUT2D eigenvalue weighted by molar-refractivity contribution is 7.91. The van der Waals surface area contributed by atoms with E-state index < -0.39 is 9.84 Å². The van der Waals surface area contributed by atoms with Crippen molar-refractivity contribution in [3.05, 3.63) is 78.2 Å². The quantitative estimate of drug-likeness (QED) is 0.451. The van der Waals surface area contributed by atoms with Gasteiger partial charge in [0.05, 0.1) is 30.4 Å². The Kier molecular flexibility index (Phi) is 8.00. The van der Waals surface area contributed by atoms with Gasteiger partial charge >= 0.3 is 0 Å². The first-order chi connectivity index (χ1) is 15.8. The smallest absolute Gasteiger partial charge is 0.242 e. The second-order valence-corrected chi connectivity index (χ2v) is 9.46. The minimum absolute atomic E-state index is 0.118. The van der Waals surface area contributed by atoms with Gasteiger partial charge < -0.3 is 14.5 Å². The summed E-state index contributed by atoms with van der Waals surface area (Å²) in [5.74, 6) is -0.155. The van der Waals surface area contributed by atoms with Gasteiger partial charge in [0.2, 0.25) is 11.8 Å². The molecule has 1 aromatic carbocycles. The molecule has 0 saturated carbocycles. The SMILES string of the molecule is CCN(Cc1cccnc1)C(=O)CN(CS(=O)(=O)c1ccccc1C)c1ccc(OC)nc1. The van der Waals surface area contributed by atoms with Crippen molar-refractivity contribution in [3.63, 3.8) is 0 Å². The minimum Gasteiger partial charge on any atom is -0.481 e. The summed E-state index contributed by atoms with van der Waals surface area (Å²) in [5, 5.41) is 0. The van der Waals surface area contributed by atoms with Gasteiger partial charge in [0, 0.05) is 31.5 Å². The van der Waals surface area contributed by atoms with E-state index in [2.05, 4.69) is 9.97 Å². The molecule has 0 spiro atoms. The summed E-state index contributed by atoms with van der Waals surface area (Å²) in [7, 11) is -2.20. The number of anilines is 1. The van der Waals surface area contributed by atoms with Gasteiger partial charge in [-0.3, -0.25) is 9.78 Å². The summed E-state index contributed by atoms with van der Waals surface area (Å²) in [6.07, 6.45) is 4.90. The van der Waals surface area contributed by atoms with Gasteiger partial charge in [-0.2, -0.15) is 0 Å². The van der Waals surface area contributed by atoms with Crippen LogP contribution in [-0.4, -0.2) is 55.3 Å². The van der Waals surface area contributed by atoms with Gasteiger partial charge in [0.15, 0.2) is 9.84 Å². The number of benzene rings is 1. The van der Waals surface area contributed by atoms with Crippen LogP contribution in [0.4, 0.5) is 5.69 Å². The Morgan fingerprint density at radius 2 is 1.85 bits per heavy atom. The van der Waals surface area contributed by atoms with Crippen molar-refractivity contribution >= 4 is 21.4 Å². The monoisotopic (exact) mass is 468 g/mol. The van der Waals surface area contributed by atoms with Crippen LogP contribution in [0.15, 0.2) is 72.0 Å². The molecule has 0 aliphatic rings. The van der Waals surface area contributed by atoms with Gasteiger partial charge in [-0.1, -0.05) is 24.3 Å². The highest BCUT2D eigenvalue weighted by Crippen LogP contribution is 2.22. The summed E-state index contributed by atoms with van der Waals surface area (Å²) in [6.45, 7) is 4.39. The maximum atomic E-state index is 13.3. The molecule has 0 aliphatic heterocycles. The molecule has 33 heavy (non-hydrogen) atoms. The molecule has 2 aromatic heterocycles. The van der Waals surface area contributed by atoms with Gasteiger partial charge in [0.25, 0.3) is 0 Å². The number of rotatable bonds is 10. The van der Waals surface area contributed by atoms with Crippen molar-refractivity contribution in [2.24, 2.45) is 0 Å². The Morgan fingerprint density at radius 3 is 2.45 bits per heavy atom. The van der Waals surface area contributed by atoms with Crippen LogP contribution in [0.5, 0.6) is 5.88 Å². The van der Waals surface area contributed by atoms with E-state index in [-0.39, 0.29) is 23.2 Å². The van der Waals surface area contributed by atoms with Gasteiger partial charge in [-0.05, 0) is 43.2 Å². The molecule has 8 nitrogen and oxygen atoms in total. The maximum absolute atomic E-state index is 13.3. The molecule has 0 radical (unpaired) electrons. The average molecular weight is 469 g/mol. The van der Waals surface area contributed by atoms with E-state index in [4.69, 9.17) is 4.74 Å². The van der Waals surface area contributed by atoms with Crippen LogP contribution in [0, 0.1) is 6.92 Å². The van der Waals surface area contributed by atoms with E-state index in [1.165, 1.54) is 18.2 Å². The first kappa shape index (κ1) is 24.2. The lowest BCUT2D eigenvalue weighted by molar-refractivity contribution is -0.130. The number of methoxy groups -OCH3 is 1. The number of pyridine rings is 2. The fourth-order valence-corrected chi connectivity index (χ4v) is 5.06. The van der Waals surface area contributed by atoms with Crippen molar-refractivity contribution in [1.29, 1.82) is 0 Å². The number of ether oxygens (including phenoxy) is 1. The maximum Gasteiger partial charge on any atom is 0.242 e. The molecule has 0 N–H and O–H groups in total. The molecule has 0 saturated heterocycles. The lowest BCUT2D eigenvalue weighted by atomic mass is 10.2. The third-order valence-electron chi connectivity index (χ3n) is 5.21. The molecule has 0 atom stereocenters. The molecule has 0 bridgehead atoms. The Labute approximate surface area is 194 Å². The van der Waals surface area contributed by atoms with Crippen LogP contribution in [0.2, 0.25) is 0 Å². The predicted molar refractivity (Wildman–Crippen MR) is 127 cm³/mol. The summed E-state index contributed by atoms with van der Waals surface area (Å²) in [4.78, 5) is 24.9. The van der Waals surface area contributed by atoms with Crippen molar-refractivity contribution in [1.82, 2.24) is 14.9 Å². The molecule has 0 fully saturated rings. The van der Waals surface area contributed by atoms with Crippen LogP contribution in [0.25, 0.3) is 0 Å². The van der Waals surface area contributed by atoms with Gasteiger partial charge in [0.1, 0.15) is 5.88 Å². The number of aromatic nitrogens is 2. The number of nitrogens with zero attached hydrogens (tertiary/aromatic N) is 4. The van der Waals surface area contributed by atoms with E-state index in [1.54, 1.807) is 60.6 Å². The van der Waals surface area contributed by atoms with Crippen LogP contribution in [-0.2, 0) is 21.2 Å². The summed E-state index contributed by atoms with van der Waals surface area (Å²) in [5.41, 5.74) is 2.07. The average Bonchev–Trinajstić information content (AvgIpc) is 2.82. The third kappa shape index (κ3) is 6.29. The van der Waals surface area contributed by atoms with Gasteiger partial charge in [-0.15, -0.1) is 0 Å². The van der Waals surface area contributed by atoms with E-state index in [1.807, 2.05) is 19.1 Å². The molecule has 1 amide bonds. The number of sulfone groups is 1. The van der Waals surface area contributed by atoms with E-state index in [0.717, 1.165) is 5.56 Å². The molecule has 3 rings (SSSR count). The number of hydrogen-bond donors (Lipinski definition) is 0. The molecule has 174 valence electrons. The Hall–Kier alpha value is -3.46. The molecular formula is C24H28N4O4S. The van der Waals surface area contributed by atoms with Crippen molar-refractivity contribution < 1.29 is 17.9 Å². The van der Waals surface area contributed by atoms with Crippen LogP contribution in [0.1, 0.15) is 18.1 Å². The second kappa shape index (κ2) is 10.9. The summed E-state index contributed by atoms with van der Waals surface area (Å²) < 4.78 is 31.6. The number of aryl methyl sites for hydroxylation is 1. The first-order valence-corrected chi connectivity index (χ1v) is 12.2. The van der Waals surface area contributed by atoms with Crippen LogP contribution >= 0.6 is 0 Å². The molecule has 0 unspecified atom stereocenters. The molecular weight excluding hydrogens is 440 g/mol. The van der Waals surface area contributed by atoms with E-state index in [9.17, 15) is 13.2 Å². The Morgan fingerprint density at radius 1 is 1.06 bits per heavy atom. The highest BCUT2D eigenvalue weighted by atomic mass is 32.2. The van der Waals surface area contributed by atoms with E-state index >= 15 is 0 Å². The van der Waals surface area contributed by atoms with Crippen LogP contribution in [0.3, 0.4) is 0 Å². The Bertz CT molecular complexity index is 1170. The number of carbonyl (C=O) groups is 1. The number of carbonyl (C=O) groups excluding carboxylic acids is 1. The molecule has 0 aliphatic carbocycles. The molecule has 9 heteroatoms. The lowest BCUT2D eigenvalue weighted by Gasteiger charge is -2.28. The fraction of sp³-hybridized carbons (Fsp3) is 0.292. The van der Waals surface area contributed by atoms with E-state index in [0.29, 0.717) is 30.2 Å². The zero-order valence-electron chi connectivity index (χ0n) is 19.0. The highest BCUT2D eigenvalue weighted by Gasteiger charge is 2.25. The largest absolute Gasteiger partial charge is 0.481 e. The first-order valence-electron chi connectivity index (χ1n) is 10.5. The predicted octanol–water partition coefficient (Wildman–Crippen LogP) is 3.08. The van der Waals surface area contributed by atoms with Crippen molar-refractivity contribution in [2.45, 2.75) is 25.3 Å². The standard InChI is InChI=1S/C24H28N4O4S/c1-4-27(16-20-9-7-13-25-14-20)24(29)17-28(21-11-12-23(32-3)26-15-21)18-33(30,31)22-10-6-5-8-19(22)2/h5-15H,4,16-18H2,1-3H3. The number of hydrogen-bond acceptors (Lipinski definition) is 7. The molecule has 3 aromatic rings. The van der Waals surface area contributed by atoms with Crippen LogP contribution < -0.4 is 9.64 Å². The lowest BCUT2D eigenvalue weighted by Crippen LogP contribution is -2.42. The Balaban J connectivity index is 1.88. The number of likely N-dealkylation sites (N-methyl/N-ethyl adjacent to an activating group) is 1. The zero-order valence-corrected chi connectivity index (χ0v) is 19.8. The summed E-state index contributed by atoms with van der Waals surface area (Å²) >= 11 is 0. The topological polar surface area (TPSA) is 92.7 Å². The third-order valence-corrected chi connectivity index (χ3v) is 6.99. The molecule has 2 heterocycles. The second-order valence-electron chi connectivity index (χ2n) is 7.54. The number of amides is 1. The van der Waals surface area contributed by atoms with Gasteiger partial charge in [-0.25, -0.2) is 13.4 Å². The van der Waals surface area contributed by atoms with Crippen molar-refractivity contribution in [3.8, 4) is 5.88 Å². The normalized spacial score (nSPS) is 11.1. The minimum atomic E-state index is -3.70. The summed E-state index contributed by atoms with van der Waals surface area (Å²) in [6, 6.07) is 13.9.